The van der Waals surface area contributed by atoms with Crippen LogP contribution in [0.5, 0.6) is 0 Å². The van der Waals surface area contributed by atoms with Crippen molar-refractivity contribution in [1.82, 2.24) is 15.5 Å². The van der Waals surface area contributed by atoms with E-state index in [2.05, 4.69) is 10.6 Å². The first-order chi connectivity index (χ1) is 11.5. The van der Waals surface area contributed by atoms with E-state index in [1.54, 1.807) is 0 Å². The summed E-state index contributed by atoms with van der Waals surface area (Å²) in [4.78, 5) is 36.3. The quantitative estimate of drug-likeness (QED) is 0.595. The number of amides is 3. The first kappa shape index (κ1) is 17.0. The largest absolute Gasteiger partial charge is 0.353 e. The number of likely N-dealkylation sites (tertiary alicyclic amines) is 1. The van der Waals surface area contributed by atoms with E-state index >= 15 is 0 Å². The van der Waals surface area contributed by atoms with E-state index in [1.807, 2.05) is 4.90 Å². The van der Waals surface area contributed by atoms with Gasteiger partial charge < -0.3 is 15.5 Å². The molecule has 3 aliphatic rings. The van der Waals surface area contributed by atoms with Crippen molar-refractivity contribution in [2.45, 2.75) is 69.5 Å². The molecular weight excluding hydrogens is 312 g/mol. The fraction of sp³-hybridized carbons (Fsp3) is 0.875. The third kappa shape index (κ3) is 4.15. The summed E-state index contributed by atoms with van der Waals surface area (Å²) in [6, 6.07) is -0.379. The van der Waals surface area contributed by atoms with Crippen molar-refractivity contribution in [3.63, 3.8) is 0 Å². The zero-order valence-electron chi connectivity index (χ0n) is 13.9. The molecule has 0 unspecified atom stereocenters. The molecule has 2 saturated carbocycles. The van der Waals surface area contributed by atoms with Crippen LogP contribution in [0.15, 0.2) is 0 Å². The molecule has 1 heterocycles. The molecule has 3 amide bonds. The van der Waals surface area contributed by atoms with Crippen LogP contribution in [-0.4, -0.2) is 53.0 Å². The number of hydrogen-bond acceptors (Lipinski definition) is 4. The fourth-order valence-corrected chi connectivity index (χ4v) is 3.74. The lowest BCUT2D eigenvalue weighted by atomic mass is 9.95. The van der Waals surface area contributed by atoms with Crippen LogP contribution >= 0.6 is 0 Å². The molecule has 2 aliphatic carbocycles. The lowest BCUT2D eigenvalue weighted by molar-refractivity contribution is -0.497. The van der Waals surface area contributed by atoms with Crippen LogP contribution in [0, 0.1) is 16.0 Å². The second kappa shape index (κ2) is 7.36. The van der Waals surface area contributed by atoms with E-state index in [4.69, 9.17) is 0 Å². The molecule has 2 N–H and O–H groups in total. The summed E-state index contributed by atoms with van der Waals surface area (Å²) in [6.07, 6.45) is 7.53. The summed E-state index contributed by atoms with van der Waals surface area (Å²) in [5, 5.41) is 16.6. The van der Waals surface area contributed by atoms with Gasteiger partial charge in [0.25, 0.3) is 0 Å². The van der Waals surface area contributed by atoms with Crippen LogP contribution in [0.3, 0.4) is 0 Å². The maximum atomic E-state index is 12.3. The fourth-order valence-electron chi connectivity index (χ4n) is 3.74. The minimum Gasteiger partial charge on any atom is -0.353 e. The molecule has 1 aliphatic heterocycles. The minimum atomic E-state index is -0.702. The number of piperidine rings is 1. The average Bonchev–Trinajstić information content (AvgIpc) is 3.37. The highest BCUT2D eigenvalue weighted by atomic mass is 16.6. The van der Waals surface area contributed by atoms with Gasteiger partial charge in [-0.3, -0.25) is 14.9 Å². The Morgan fingerprint density at radius 2 is 1.58 bits per heavy atom. The van der Waals surface area contributed by atoms with Crippen molar-refractivity contribution in [1.29, 1.82) is 0 Å². The Labute approximate surface area is 141 Å². The Balaban J connectivity index is 1.37. The summed E-state index contributed by atoms with van der Waals surface area (Å²) >= 11 is 0. The molecule has 24 heavy (non-hydrogen) atoms. The number of carbonyl (C=O) groups excluding carboxylic acids is 2. The average molecular weight is 338 g/mol. The van der Waals surface area contributed by atoms with E-state index in [9.17, 15) is 19.7 Å². The summed E-state index contributed by atoms with van der Waals surface area (Å²) in [5.41, 5.74) is 0. The maximum absolute atomic E-state index is 12.3. The molecule has 0 aromatic rings. The van der Waals surface area contributed by atoms with Crippen molar-refractivity contribution in [3.05, 3.63) is 10.1 Å². The second-order valence-electron chi connectivity index (χ2n) is 7.25. The molecule has 0 spiro atoms. The van der Waals surface area contributed by atoms with Crippen LogP contribution in [0.25, 0.3) is 0 Å². The van der Waals surface area contributed by atoms with Crippen molar-refractivity contribution in [2.75, 3.05) is 13.1 Å². The molecule has 8 heteroatoms. The molecule has 0 aromatic carbocycles. The number of nitro groups is 1. The summed E-state index contributed by atoms with van der Waals surface area (Å²) in [6.45, 7) is 1.24. The molecule has 0 radical (unpaired) electrons. The van der Waals surface area contributed by atoms with E-state index in [1.165, 1.54) is 19.3 Å². The van der Waals surface area contributed by atoms with Crippen LogP contribution in [0.4, 0.5) is 4.79 Å². The van der Waals surface area contributed by atoms with Crippen LogP contribution in [0.2, 0.25) is 0 Å². The van der Waals surface area contributed by atoms with Crippen molar-refractivity contribution < 1.29 is 14.5 Å². The summed E-state index contributed by atoms with van der Waals surface area (Å²) in [7, 11) is 0. The van der Waals surface area contributed by atoms with E-state index in [0.717, 1.165) is 12.8 Å². The standard InChI is InChI=1S/C16H26N4O4/c21-15(13-10-14(13)20(23)24)17-12-6-8-19(9-7-12)16(22)18-11-4-2-1-3-5-11/h11-14H,1-10H2,(H,17,21)(H,18,22)/t13-,14+/m0/s1. The van der Waals surface area contributed by atoms with Crippen LogP contribution in [-0.2, 0) is 4.79 Å². The Kier molecular flexibility index (Phi) is 5.20. The van der Waals surface area contributed by atoms with Gasteiger partial charge in [0.1, 0.15) is 5.92 Å². The molecule has 1 saturated heterocycles. The van der Waals surface area contributed by atoms with Gasteiger partial charge in [-0.15, -0.1) is 0 Å². The van der Waals surface area contributed by atoms with Gasteiger partial charge in [-0.1, -0.05) is 19.3 Å². The third-order valence-electron chi connectivity index (χ3n) is 5.43. The third-order valence-corrected chi connectivity index (χ3v) is 5.43. The van der Waals surface area contributed by atoms with Gasteiger partial charge in [0.15, 0.2) is 0 Å². The lowest BCUT2D eigenvalue weighted by Gasteiger charge is -2.34. The van der Waals surface area contributed by atoms with Crippen molar-refractivity contribution >= 4 is 11.9 Å². The van der Waals surface area contributed by atoms with Crippen molar-refractivity contribution in [3.8, 4) is 0 Å². The van der Waals surface area contributed by atoms with Gasteiger partial charge in [0, 0.05) is 36.5 Å². The normalized spacial score (nSPS) is 28.2. The number of urea groups is 1. The molecule has 2 atom stereocenters. The van der Waals surface area contributed by atoms with Gasteiger partial charge in [-0.2, -0.15) is 0 Å². The number of carbonyl (C=O) groups is 2. The Morgan fingerprint density at radius 1 is 0.958 bits per heavy atom. The molecule has 8 nitrogen and oxygen atoms in total. The highest BCUT2D eigenvalue weighted by Crippen LogP contribution is 2.33. The smallest absolute Gasteiger partial charge is 0.317 e. The predicted octanol–water partition coefficient (Wildman–Crippen LogP) is 1.27. The summed E-state index contributed by atoms with van der Waals surface area (Å²) < 4.78 is 0. The van der Waals surface area contributed by atoms with Gasteiger partial charge >= 0.3 is 6.03 Å². The number of rotatable bonds is 4. The summed E-state index contributed by atoms with van der Waals surface area (Å²) in [5.74, 6) is -0.672. The van der Waals surface area contributed by atoms with E-state index < -0.39 is 12.0 Å². The number of nitrogens with zero attached hydrogens (tertiary/aromatic N) is 2. The highest BCUT2D eigenvalue weighted by Gasteiger charge is 2.53. The first-order valence-corrected chi connectivity index (χ1v) is 9.04. The van der Waals surface area contributed by atoms with Gasteiger partial charge in [0.05, 0.1) is 0 Å². The van der Waals surface area contributed by atoms with E-state index in [-0.39, 0.29) is 22.9 Å². The molecule has 0 bridgehead atoms. The van der Waals surface area contributed by atoms with Crippen molar-refractivity contribution in [2.24, 2.45) is 5.92 Å². The Bertz CT molecular complexity index is 498. The number of hydrogen-bond donors (Lipinski definition) is 2. The topological polar surface area (TPSA) is 105 Å². The molecule has 0 aromatic heterocycles. The highest BCUT2D eigenvalue weighted by molar-refractivity contribution is 5.82. The molecular formula is C16H26N4O4. The SMILES string of the molecule is O=C(NC1CCN(C(=O)NC2CCCCC2)CC1)[C@H]1C[C@H]1[N+](=O)[O-]. The van der Waals surface area contributed by atoms with E-state index in [0.29, 0.717) is 38.4 Å². The minimum absolute atomic E-state index is 0.00212. The first-order valence-electron chi connectivity index (χ1n) is 9.04. The predicted molar refractivity (Wildman–Crippen MR) is 87.0 cm³/mol. The van der Waals surface area contributed by atoms with Gasteiger partial charge in [-0.25, -0.2) is 4.79 Å². The monoisotopic (exact) mass is 338 g/mol. The zero-order chi connectivity index (χ0) is 17.1. The molecule has 3 fully saturated rings. The van der Waals surface area contributed by atoms with Crippen LogP contribution < -0.4 is 10.6 Å². The van der Waals surface area contributed by atoms with Gasteiger partial charge in [0.2, 0.25) is 11.9 Å². The Morgan fingerprint density at radius 3 is 2.17 bits per heavy atom. The Hall–Kier alpha value is -1.86. The molecule has 3 rings (SSSR count). The zero-order valence-corrected chi connectivity index (χ0v) is 13.9. The van der Waals surface area contributed by atoms with Crippen LogP contribution in [0.1, 0.15) is 51.4 Å². The second-order valence-corrected chi connectivity index (χ2v) is 7.25. The van der Waals surface area contributed by atoms with Gasteiger partial charge in [-0.05, 0) is 25.7 Å². The lowest BCUT2D eigenvalue weighted by Crippen LogP contribution is -2.51. The number of nitrogens with one attached hydrogen (secondary N) is 2. The maximum Gasteiger partial charge on any atom is 0.317 e. The molecule has 134 valence electrons.